The molecule has 0 N–H and O–H groups in total. The minimum atomic E-state index is -0.309. The van der Waals surface area contributed by atoms with Crippen LogP contribution in [0.5, 0.6) is 0 Å². The van der Waals surface area contributed by atoms with Crippen LogP contribution in [-0.4, -0.2) is 11.6 Å². The number of fused-ring (bicyclic) bond motifs is 6. The average molecular weight is 636 g/mol. The van der Waals surface area contributed by atoms with E-state index in [1.54, 1.807) is 18.2 Å². The number of nitrogens with zero attached hydrogens (tertiary/aromatic N) is 1. The molecule has 4 heteroatoms. The Balaban J connectivity index is 1.14. The summed E-state index contributed by atoms with van der Waals surface area (Å²) < 4.78 is 13.6. The van der Waals surface area contributed by atoms with Crippen LogP contribution >= 0.6 is 0 Å². The van der Waals surface area contributed by atoms with E-state index in [1.807, 2.05) is 42.5 Å². The number of Topliss-reactive ketones (excluding diaryl/α,β-unsaturated/α-hetero) is 2. The van der Waals surface area contributed by atoms with Crippen molar-refractivity contribution in [2.75, 3.05) is 4.90 Å². The average Bonchev–Trinajstić information content (AvgIpc) is 3.35. The van der Waals surface area contributed by atoms with Crippen molar-refractivity contribution >= 4 is 56.2 Å². The van der Waals surface area contributed by atoms with Crippen LogP contribution in [0.3, 0.4) is 0 Å². The quantitative estimate of drug-likeness (QED) is 0.143. The van der Waals surface area contributed by atoms with E-state index in [9.17, 15) is 14.0 Å². The maximum atomic E-state index is 13.6. The molecular formula is C45H30FNO2. The van der Waals surface area contributed by atoms with Gasteiger partial charge in [0.2, 0.25) is 0 Å². The maximum Gasteiger partial charge on any atom is 0.197 e. The molecule has 234 valence electrons. The van der Waals surface area contributed by atoms with E-state index in [0.717, 1.165) is 55.3 Å². The second-order valence-corrected chi connectivity index (χ2v) is 13.4. The first kappa shape index (κ1) is 29.0. The summed E-state index contributed by atoms with van der Waals surface area (Å²) in [5.74, 6) is -0.703. The highest BCUT2D eigenvalue weighted by Gasteiger charge is 2.38. The molecule has 0 amide bonds. The van der Waals surface area contributed by atoms with E-state index in [1.165, 1.54) is 23.3 Å². The predicted octanol–water partition coefficient (Wildman–Crippen LogP) is 11.4. The Kier molecular flexibility index (Phi) is 6.34. The molecule has 1 aliphatic heterocycles. The molecule has 7 aromatic rings. The number of allylic oxidation sites excluding steroid dienone is 1. The summed E-state index contributed by atoms with van der Waals surface area (Å²) in [6.45, 7) is 4.54. The fourth-order valence-corrected chi connectivity index (χ4v) is 7.76. The Morgan fingerprint density at radius 2 is 1.20 bits per heavy atom. The second kappa shape index (κ2) is 10.7. The van der Waals surface area contributed by atoms with Gasteiger partial charge < -0.3 is 4.90 Å². The van der Waals surface area contributed by atoms with Crippen LogP contribution in [0.25, 0.3) is 38.7 Å². The molecule has 0 spiro atoms. The van der Waals surface area contributed by atoms with Crippen LogP contribution in [0.2, 0.25) is 0 Å². The van der Waals surface area contributed by atoms with Crippen molar-refractivity contribution in [3.8, 4) is 11.1 Å². The number of benzene rings is 7. The van der Waals surface area contributed by atoms with Gasteiger partial charge in [0.05, 0.1) is 16.9 Å². The highest BCUT2D eigenvalue weighted by molar-refractivity contribution is 6.42. The van der Waals surface area contributed by atoms with Gasteiger partial charge in [0.1, 0.15) is 5.82 Å². The largest absolute Gasteiger partial charge is 0.310 e. The second-order valence-electron chi connectivity index (χ2n) is 13.4. The number of hydrogen-bond donors (Lipinski definition) is 0. The lowest BCUT2D eigenvalue weighted by molar-refractivity contribution is 0.0990. The SMILES string of the molecule is CC1(C)c2ccccc2N(c2ccc(-c3ccc(F)cc3)cc2)c2ccc3cc(C=C4C(=O)c5cc6ccccc6cc5C4=O)ccc3c21. The summed E-state index contributed by atoms with van der Waals surface area (Å²) in [5, 5.41) is 4.04. The van der Waals surface area contributed by atoms with Crippen molar-refractivity contribution in [1.82, 2.24) is 0 Å². The third kappa shape index (κ3) is 4.48. The van der Waals surface area contributed by atoms with E-state index >= 15 is 0 Å². The monoisotopic (exact) mass is 635 g/mol. The topological polar surface area (TPSA) is 37.4 Å². The molecule has 7 aromatic carbocycles. The zero-order valence-corrected chi connectivity index (χ0v) is 27.0. The first-order valence-corrected chi connectivity index (χ1v) is 16.4. The first-order valence-electron chi connectivity index (χ1n) is 16.4. The molecule has 0 atom stereocenters. The number of ketones is 2. The molecule has 49 heavy (non-hydrogen) atoms. The summed E-state index contributed by atoms with van der Waals surface area (Å²) in [6, 6.07) is 45.5. The number of para-hydroxylation sites is 1. The molecular weight excluding hydrogens is 605 g/mol. The normalized spacial score (nSPS) is 14.6. The van der Waals surface area contributed by atoms with E-state index in [0.29, 0.717) is 11.1 Å². The van der Waals surface area contributed by atoms with Gasteiger partial charge in [-0.2, -0.15) is 0 Å². The molecule has 9 rings (SSSR count). The molecule has 0 saturated carbocycles. The van der Waals surface area contributed by atoms with Gasteiger partial charge in [-0.15, -0.1) is 0 Å². The van der Waals surface area contributed by atoms with Crippen molar-refractivity contribution in [1.29, 1.82) is 0 Å². The van der Waals surface area contributed by atoms with Gasteiger partial charge in [-0.05, 0) is 110 Å². The Morgan fingerprint density at radius 1 is 0.592 bits per heavy atom. The van der Waals surface area contributed by atoms with Gasteiger partial charge in [-0.1, -0.05) is 98.8 Å². The van der Waals surface area contributed by atoms with Crippen molar-refractivity contribution in [2.24, 2.45) is 0 Å². The first-order chi connectivity index (χ1) is 23.8. The fourth-order valence-electron chi connectivity index (χ4n) is 7.76. The molecule has 3 nitrogen and oxygen atoms in total. The number of carbonyl (C=O) groups is 2. The highest BCUT2D eigenvalue weighted by atomic mass is 19.1. The predicted molar refractivity (Wildman–Crippen MR) is 197 cm³/mol. The Bertz CT molecular complexity index is 2500. The number of anilines is 3. The van der Waals surface area contributed by atoms with Crippen LogP contribution in [-0.2, 0) is 5.41 Å². The van der Waals surface area contributed by atoms with Crippen molar-refractivity contribution < 1.29 is 14.0 Å². The molecule has 0 fully saturated rings. The smallest absolute Gasteiger partial charge is 0.197 e. The zero-order valence-electron chi connectivity index (χ0n) is 27.0. The Morgan fingerprint density at radius 3 is 1.88 bits per heavy atom. The minimum Gasteiger partial charge on any atom is -0.310 e. The van der Waals surface area contributed by atoms with Gasteiger partial charge in [-0.25, -0.2) is 4.39 Å². The van der Waals surface area contributed by atoms with Crippen molar-refractivity contribution in [2.45, 2.75) is 19.3 Å². The fraction of sp³-hybridized carbons (Fsp3) is 0.0667. The lowest BCUT2D eigenvalue weighted by atomic mass is 9.71. The van der Waals surface area contributed by atoms with Gasteiger partial charge in [-0.3, -0.25) is 9.59 Å². The maximum absolute atomic E-state index is 13.6. The van der Waals surface area contributed by atoms with E-state index in [-0.39, 0.29) is 28.4 Å². The third-order valence-corrected chi connectivity index (χ3v) is 10.2. The summed E-state index contributed by atoms with van der Waals surface area (Å²) in [6.07, 6.45) is 1.74. The molecule has 0 aromatic heterocycles. The third-order valence-electron chi connectivity index (χ3n) is 10.2. The molecule has 1 aliphatic carbocycles. The minimum absolute atomic E-state index is 0.201. The van der Waals surface area contributed by atoms with Crippen LogP contribution in [0.4, 0.5) is 21.5 Å². The molecule has 2 aliphatic rings. The van der Waals surface area contributed by atoms with Gasteiger partial charge in [0.15, 0.2) is 11.6 Å². The molecule has 0 saturated heterocycles. The summed E-state index contributed by atoms with van der Waals surface area (Å²) >= 11 is 0. The summed E-state index contributed by atoms with van der Waals surface area (Å²) in [5.41, 5.74) is 9.30. The van der Waals surface area contributed by atoms with E-state index < -0.39 is 0 Å². The van der Waals surface area contributed by atoms with E-state index in [4.69, 9.17) is 0 Å². The van der Waals surface area contributed by atoms with Gasteiger partial charge in [0, 0.05) is 22.2 Å². The van der Waals surface area contributed by atoms with Crippen LogP contribution in [0.15, 0.2) is 145 Å². The van der Waals surface area contributed by atoms with Gasteiger partial charge >= 0.3 is 0 Å². The number of rotatable bonds is 3. The number of halogens is 1. The number of hydrogen-bond acceptors (Lipinski definition) is 3. The van der Waals surface area contributed by atoms with Crippen molar-refractivity contribution in [3.05, 3.63) is 179 Å². The Labute approximate surface area is 283 Å². The van der Waals surface area contributed by atoms with Crippen LogP contribution < -0.4 is 4.90 Å². The van der Waals surface area contributed by atoms with E-state index in [2.05, 4.69) is 91.5 Å². The summed E-state index contributed by atoms with van der Waals surface area (Å²) in [4.78, 5) is 29.3. The van der Waals surface area contributed by atoms with Crippen molar-refractivity contribution in [3.63, 3.8) is 0 Å². The summed E-state index contributed by atoms with van der Waals surface area (Å²) in [7, 11) is 0. The number of carbonyl (C=O) groups excluding carboxylic acids is 2. The zero-order chi connectivity index (χ0) is 33.4. The molecule has 0 bridgehead atoms. The van der Waals surface area contributed by atoms with Crippen LogP contribution in [0, 0.1) is 5.82 Å². The molecule has 0 unspecified atom stereocenters. The lowest BCUT2D eigenvalue weighted by Crippen LogP contribution is -2.30. The van der Waals surface area contributed by atoms with Crippen LogP contribution in [0.1, 0.15) is 51.3 Å². The molecule has 0 radical (unpaired) electrons. The Hall–Kier alpha value is -6.13. The molecule has 1 heterocycles. The van der Waals surface area contributed by atoms with Gasteiger partial charge in [0.25, 0.3) is 0 Å². The lowest BCUT2D eigenvalue weighted by Gasteiger charge is -2.42. The standard InChI is InChI=1S/C45H30FNO2/c1-45(2)39-9-5-6-10-40(39)47(34-19-14-29(15-20-34)28-12-17-33(46)18-13-28)41-22-16-32-23-27(11-21-35(32)42(41)45)24-38-43(48)36-25-30-7-3-4-8-31(30)26-37(36)44(38)49/h3-26H,1-2H3. The highest BCUT2D eigenvalue weighted by Crippen LogP contribution is 2.54.